The highest BCUT2D eigenvalue weighted by molar-refractivity contribution is 6.09. The van der Waals surface area contributed by atoms with E-state index in [0.29, 0.717) is 12.4 Å². The lowest BCUT2D eigenvalue weighted by Crippen LogP contribution is -1.98. The van der Waals surface area contributed by atoms with Gasteiger partial charge in [0, 0.05) is 23.2 Å². The molecule has 4 nitrogen and oxygen atoms in total. The number of carbonyl (C=O) groups is 1. The molecule has 0 atom stereocenters. The fourth-order valence-corrected chi connectivity index (χ4v) is 2.60. The minimum atomic E-state index is -0.261. The van der Waals surface area contributed by atoms with E-state index in [0.717, 1.165) is 22.0 Å². The second-order valence-electron chi connectivity index (χ2n) is 6.26. The summed E-state index contributed by atoms with van der Waals surface area (Å²) in [7, 11) is 0. The molecule has 0 radical (unpaired) electrons. The second kappa shape index (κ2) is 7.74. The van der Waals surface area contributed by atoms with Crippen molar-refractivity contribution >= 4 is 22.8 Å². The van der Waals surface area contributed by atoms with Gasteiger partial charge in [-0.3, -0.25) is 4.79 Å². The number of hydrogen-bond acceptors (Lipinski definition) is 3. The molecule has 0 saturated carbocycles. The van der Waals surface area contributed by atoms with E-state index in [1.54, 1.807) is 18.2 Å². The minimum absolute atomic E-state index is 0.0896. The number of aromatic nitrogens is 1. The molecular weight excluding hydrogens is 326 g/mol. The van der Waals surface area contributed by atoms with E-state index in [1.165, 1.54) is 12.1 Å². The smallest absolute Gasteiger partial charge is 0.189 e. The number of allylic oxidation sites excluding steroid dienone is 2. The quantitative estimate of drug-likeness (QED) is 0.370. The number of hydrogen-bond donors (Lipinski definition) is 2. The lowest BCUT2D eigenvalue weighted by molar-refractivity contribution is 0.104. The monoisotopic (exact) mass is 347 g/mol. The Morgan fingerprint density at radius 2 is 2.00 bits per heavy atom. The minimum Gasteiger partial charge on any atom is -0.507 e. The van der Waals surface area contributed by atoms with Crippen LogP contribution in [0.1, 0.15) is 29.8 Å². The van der Waals surface area contributed by atoms with Crippen LogP contribution < -0.4 is 4.74 Å². The molecule has 0 aliphatic heterocycles. The van der Waals surface area contributed by atoms with Crippen molar-refractivity contribution < 1.29 is 14.6 Å². The third kappa shape index (κ3) is 4.03. The summed E-state index contributed by atoms with van der Waals surface area (Å²) in [5.41, 5.74) is 3.34. The number of benzene rings is 2. The van der Waals surface area contributed by atoms with Crippen LogP contribution in [0.5, 0.6) is 11.5 Å². The Labute approximate surface area is 152 Å². The molecule has 0 saturated heterocycles. The van der Waals surface area contributed by atoms with E-state index in [4.69, 9.17) is 4.74 Å². The number of para-hydroxylation sites is 1. The van der Waals surface area contributed by atoms with E-state index < -0.39 is 0 Å². The number of ether oxygens (including phenoxy) is 1. The van der Waals surface area contributed by atoms with E-state index in [-0.39, 0.29) is 17.1 Å². The van der Waals surface area contributed by atoms with Gasteiger partial charge in [-0.2, -0.15) is 0 Å². The number of ketones is 1. The molecule has 3 rings (SSSR count). The Morgan fingerprint density at radius 1 is 1.19 bits per heavy atom. The van der Waals surface area contributed by atoms with Crippen LogP contribution in [-0.4, -0.2) is 22.5 Å². The first-order chi connectivity index (χ1) is 12.5. The van der Waals surface area contributed by atoms with Gasteiger partial charge >= 0.3 is 0 Å². The van der Waals surface area contributed by atoms with Crippen molar-refractivity contribution in [2.45, 2.75) is 13.8 Å². The van der Waals surface area contributed by atoms with Gasteiger partial charge in [0.25, 0.3) is 0 Å². The first kappa shape index (κ1) is 17.5. The molecule has 1 heterocycles. The zero-order valence-corrected chi connectivity index (χ0v) is 14.8. The predicted octanol–water partition coefficient (Wildman–Crippen LogP) is 5.11. The van der Waals surface area contributed by atoms with Gasteiger partial charge < -0.3 is 14.8 Å². The normalized spacial score (nSPS) is 11.0. The molecule has 0 fully saturated rings. The zero-order chi connectivity index (χ0) is 18.5. The summed E-state index contributed by atoms with van der Waals surface area (Å²) in [6.45, 7) is 4.40. The summed E-state index contributed by atoms with van der Waals surface area (Å²) in [5.74, 6) is 0.175. The number of H-pyrrole nitrogens is 1. The fourth-order valence-electron chi connectivity index (χ4n) is 2.60. The molecule has 0 aliphatic carbocycles. The van der Waals surface area contributed by atoms with Gasteiger partial charge in [-0.05, 0) is 55.8 Å². The summed E-state index contributed by atoms with van der Waals surface area (Å²) in [6.07, 6.45) is 7.02. The van der Waals surface area contributed by atoms with Gasteiger partial charge in [0.1, 0.15) is 18.1 Å². The predicted molar refractivity (Wildman–Crippen MR) is 105 cm³/mol. The third-order valence-corrected chi connectivity index (χ3v) is 4.01. The highest BCUT2D eigenvalue weighted by Gasteiger charge is 2.10. The van der Waals surface area contributed by atoms with E-state index in [1.807, 2.05) is 50.4 Å². The van der Waals surface area contributed by atoms with Gasteiger partial charge in [0.15, 0.2) is 5.78 Å². The van der Waals surface area contributed by atoms with Crippen LogP contribution in [0.3, 0.4) is 0 Å². The van der Waals surface area contributed by atoms with Crippen LogP contribution in [0.2, 0.25) is 0 Å². The SMILES string of the molecule is CC(C)=CCOc1ccc(C(=O)C=Cc2c[nH]c3ccccc23)c(O)c1. The summed E-state index contributed by atoms with van der Waals surface area (Å²) in [6, 6.07) is 12.6. The summed E-state index contributed by atoms with van der Waals surface area (Å²) >= 11 is 0. The van der Waals surface area contributed by atoms with E-state index in [9.17, 15) is 9.90 Å². The number of phenolic OH excluding ortho intramolecular Hbond substituents is 1. The van der Waals surface area contributed by atoms with Crippen molar-refractivity contribution in [3.05, 3.63) is 77.5 Å². The number of aromatic hydroxyl groups is 1. The molecular formula is C22H21NO3. The van der Waals surface area contributed by atoms with Crippen molar-refractivity contribution in [3.63, 3.8) is 0 Å². The van der Waals surface area contributed by atoms with Gasteiger partial charge in [-0.1, -0.05) is 23.8 Å². The second-order valence-corrected chi connectivity index (χ2v) is 6.26. The van der Waals surface area contributed by atoms with Crippen molar-refractivity contribution in [1.29, 1.82) is 0 Å². The van der Waals surface area contributed by atoms with Gasteiger partial charge in [-0.15, -0.1) is 0 Å². The average molecular weight is 347 g/mol. The molecule has 2 N–H and O–H groups in total. The molecule has 0 amide bonds. The van der Waals surface area contributed by atoms with Crippen molar-refractivity contribution in [2.24, 2.45) is 0 Å². The third-order valence-electron chi connectivity index (χ3n) is 4.01. The lowest BCUT2D eigenvalue weighted by Gasteiger charge is -2.06. The largest absolute Gasteiger partial charge is 0.507 e. The van der Waals surface area contributed by atoms with Gasteiger partial charge in [-0.25, -0.2) is 0 Å². The van der Waals surface area contributed by atoms with E-state index in [2.05, 4.69) is 4.98 Å². The summed E-state index contributed by atoms with van der Waals surface area (Å²) in [5, 5.41) is 11.2. The van der Waals surface area contributed by atoms with Crippen LogP contribution >= 0.6 is 0 Å². The number of nitrogens with one attached hydrogen (secondary N) is 1. The topological polar surface area (TPSA) is 62.3 Å². The maximum absolute atomic E-state index is 12.4. The molecule has 132 valence electrons. The maximum Gasteiger partial charge on any atom is 0.189 e. The maximum atomic E-state index is 12.4. The van der Waals surface area contributed by atoms with Crippen molar-refractivity contribution in [1.82, 2.24) is 4.98 Å². The zero-order valence-electron chi connectivity index (χ0n) is 14.8. The Kier molecular flexibility index (Phi) is 5.23. The van der Waals surface area contributed by atoms with Crippen LogP contribution in [0.25, 0.3) is 17.0 Å². The first-order valence-corrected chi connectivity index (χ1v) is 8.42. The molecule has 2 aromatic carbocycles. The summed E-state index contributed by atoms with van der Waals surface area (Å²) in [4.78, 5) is 15.6. The molecule has 0 aliphatic rings. The summed E-state index contributed by atoms with van der Waals surface area (Å²) < 4.78 is 5.53. The highest BCUT2D eigenvalue weighted by Crippen LogP contribution is 2.25. The number of aromatic amines is 1. The standard InChI is InChI=1S/C22H21NO3/c1-15(2)11-12-26-17-8-9-19(22(25)13-17)21(24)10-7-16-14-23-20-6-4-3-5-18(16)20/h3-11,13-14,23,25H,12H2,1-2H3. The Morgan fingerprint density at radius 3 is 2.77 bits per heavy atom. The first-order valence-electron chi connectivity index (χ1n) is 8.42. The molecule has 3 aromatic rings. The number of fused-ring (bicyclic) bond motifs is 1. The van der Waals surface area contributed by atoms with Crippen LogP contribution in [0.4, 0.5) is 0 Å². The van der Waals surface area contributed by atoms with Crippen molar-refractivity contribution in [2.75, 3.05) is 6.61 Å². The van der Waals surface area contributed by atoms with Gasteiger partial charge in [0.05, 0.1) is 5.56 Å². The Balaban J connectivity index is 1.74. The number of carbonyl (C=O) groups excluding carboxylic acids is 1. The average Bonchev–Trinajstić information content (AvgIpc) is 3.03. The van der Waals surface area contributed by atoms with Gasteiger partial charge in [0.2, 0.25) is 0 Å². The Bertz CT molecular complexity index is 992. The van der Waals surface area contributed by atoms with Crippen LogP contribution in [-0.2, 0) is 0 Å². The molecule has 0 bridgehead atoms. The highest BCUT2D eigenvalue weighted by atomic mass is 16.5. The number of phenols is 1. The van der Waals surface area contributed by atoms with Crippen molar-refractivity contribution in [3.8, 4) is 11.5 Å². The van der Waals surface area contributed by atoms with Crippen LogP contribution in [0, 0.1) is 0 Å². The van der Waals surface area contributed by atoms with E-state index >= 15 is 0 Å². The lowest BCUT2D eigenvalue weighted by atomic mass is 10.1. The molecule has 4 heteroatoms. The van der Waals surface area contributed by atoms with Crippen LogP contribution in [0.15, 0.2) is 66.4 Å². The molecule has 1 aromatic heterocycles. The number of rotatable bonds is 6. The fraction of sp³-hybridized carbons (Fsp3) is 0.136. The molecule has 0 unspecified atom stereocenters. The molecule has 26 heavy (non-hydrogen) atoms. The Hall–Kier alpha value is -3.27. The molecule has 0 spiro atoms.